The van der Waals surface area contributed by atoms with E-state index in [2.05, 4.69) is 17.0 Å². The lowest BCUT2D eigenvalue weighted by Gasteiger charge is -2.11. The first-order valence-electron chi connectivity index (χ1n) is 9.97. The molecule has 6 heteroatoms. The second-order valence-electron chi connectivity index (χ2n) is 7.26. The SMILES string of the molecule is CCCCc1ccc(NC(=O)c2cccc(S(=O)(=O)Nc3cccc(C)c3)c2)cc1. The number of carbonyl (C=O) groups is 1. The van der Waals surface area contributed by atoms with Crippen molar-refractivity contribution in [3.05, 3.63) is 89.5 Å². The minimum atomic E-state index is -3.80. The third kappa shape index (κ3) is 5.70. The van der Waals surface area contributed by atoms with Crippen LogP contribution in [0.2, 0.25) is 0 Å². The summed E-state index contributed by atoms with van der Waals surface area (Å²) in [5.74, 6) is -0.357. The molecule has 156 valence electrons. The van der Waals surface area contributed by atoms with Crippen LogP contribution < -0.4 is 10.0 Å². The summed E-state index contributed by atoms with van der Waals surface area (Å²) < 4.78 is 28.0. The summed E-state index contributed by atoms with van der Waals surface area (Å²) in [4.78, 5) is 12.7. The summed E-state index contributed by atoms with van der Waals surface area (Å²) in [5, 5.41) is 2.82. The molecule has 0 unspecified atom stereocenters. The first-order valence-corrected chi connectivity index (χ1v) is 11.5. The molecule has 0 aliphatic rings. The van der Waals surface area contributed by atoms with Crippen LogP contribution >= 0.6 is 0 Å². The van der Waals surface area contributed by atoms with Gasteiger partial charge < -0.3 is 5.32 Å². The Morgan fingerprint density at radius 1 is 0.900 bits per heavy atom. The summed E-state index contributed by atoms with van der Waals surface area (Å²) >= 11 is 0. The summed E-state index contributed by atoms with van der Waals surface area (Å²) in [6.07, 6.45) is 3.28. The zero-order valence-electron chi connectivity index (χ0n) is 17.2. The molecule has 2 N–H and O–H groups in total. The molecule has 0 saturated heterocycles. The molecular weight excluding hydrogens is 396 g/mol. The second kappa shape index (κ2) is 9.59. The van der Waals surface area contributed by atoms with Gasteiger partial charge in [-0.15, -0.1) is 0 Å². The molecule has 1 amide bonds. The number of unbranched alkanes of at least 4 members (excludes halogenated alkanes) is 1. The first kappa shape index (κ1) is 21.6. The molecule has 0 heterocycles. The number of rotatable bonds is 8. The minimum Gasteiger partial charge on any atom is -0.322 e. The van der Waals surface area contributed by atoms with Gasteiger partial charge in [0.1, 0.15) is 0 Å². The molecule has 3 rings (SSSR count). The molecule has 3 aromatic carbocycles. The molecule has 0 aliphatic carbocycles. The maximum absolute atomic E-state index is 12.7. The molecule has 5 nitrogen and oxygen atoms in total. The van der Waals surface area contributed by atoms with E-state index < -0.39 is 10.0 Å². The number of hydrogen-bond donors (Lipinski definition) is 2. The molecule has 0 bridgehead atoms. The molecule has 0 radical (unpaired) electrons. The van der Waals surface area contributed by atoms with Crippen LogP contribution in [0.4, 0.5) is 11.4 Å². The summed E-state index contributed by atoms with van der Waals surface area (Å²) in [5.41, 5.74) is 3.60. The van der Waals surface area contributed by atoms with Crippen LogP contribution in [0.3, 0.4) is 0 Å². The van der Waals surface area contributed by atoms with E-state index in [0.29, 0.717) is 11.4 Å². The molecule has 0 fully saturated rings. The fourth-order valence-corrected chi connectivity index (χ4v) is 4.16. The predicted octanol–water partition coefficient (Wildman–Crippen LogP) is 5.39. The Labute approximate surface area is 178 Å². The number of benzene rings is 3. The highest BCUT2D eigenvalue weighted by atomic mass is 32.2. The van der Waals surface area contributed by atoms with Crippen molar-refractivity contribution in [1.82, 2.24) is 0 Å². The van der Waals surface area contributed by atoms with E-state index in [1.807, 2.05) is 37.3 Å². The lowest BCUT2D eigenvalue weighted by atomic mass is 10.1. The van der Waals surface area contributed by atoms with Gasteiger partial charge in [-0.3, -0.25) is 9.52 Å². The number of amides is 1. The van der Waals surface area contributed by atoms with Crippen molar-refractivity contribution in [1.29, 1.82) is 0 Å². The Hall–Kier alpha value is -3.12. The van der Waals surface area contributed by atoms with Gasteiger partial charge in [0.2, 0.25) is 0 Å². The maximum Gasteiger partial charge on any atom is 0.261 e. The molecule has 3 aromatic rings. The Bertz CT molecular complexity index is 1120. The van der Waals surface area contributed by atoms with Gasteiger partial charge in [0.05, 0.1) is 4.90 Å². The van der Waals surface area contributed by atoms with Crippen molar-refractivity contribution in [3.8, 4) is 0 Å². The van der Waals surface area contributed by atoms with Crippen LogP contribution in [0.15, 0.2) is 77.7 Å². The fraction of sp³-hybridized carbons (Fsp3) is 0.208. The van der Waals surface area contributed by atoms with Crippen LogP contribution in [-0.4, -0.2) is 14.3 Å². The van der Waals surface area contributed by atoms with E-state index in [9.17, 15) is 13.2 Å². The van der Waals surface area contributed by atoms with Crippen LogP contribution in [0, 0.1) is 6.92 Å². The van der Waals surface area contributed by atoms with Gasteiger partial charge in [-0.1, -0.05) is 43.7 Å². The number of nitrogens with one attached hydrogen (secondary N) is 2. The zero-order valence-corrected chi connectivity index (χ0v) is 18.0. The van der Waals surface area contributed by atoms with Gasteiger partial charge in [-0.2, -0.15) is 0 Å². The Kier molecular flexibility index (Phi) is 6.90. The predicted molar refractivity (Wildman–Crippen MR) is 121 cm³/mol. The second-order valence-corrected chi connectivity index (χ2v) is 8.94. The van der Waals surface area contributed by atoms with E-state index in [1.54, 1.807) is 30.3 Å². The lowest BCUT2D eigenvalue weighted by Crippen LogP contribution is -2.16. The van der Waals surface area contributed by atoms with Crippen LogP contribution in [0.5, 0.6) is 0 Å². The standard InChI is InChI=1S/C24H26N2O3S/c1-3-4-8-19-12-14-21(15-13-19)25-24(27)20-9-6-11-23(17-20)30(28,29)26-22-10-5-7-18(2)16-22/h5-7,9-17,26H,3-4,8H2,1-2H3,(H,25,27). The summed E-state index contributed by atoms with van der Waals surface area (Å²) in [6, 6.07) is 20.8. The molecule has 0 atom stereocenters. The molecule has 30 heavy (non-hydrogen) atoms. The highest BCUT2D eigenvalue weighted by molar-refractivity contribution is 7.92. The zero-order chi connectivity index (χ0) is 21.6. The molecule has 0 aromatic heterocycles. The van der Waals surface area contributed by atoms with Crippen molar-refractivity contribution in [2.45, 2.75) is 38.0 Å². The number of anilines is 2. The average Bonchev–Trinajstić information content (AvgIpc) is 2.73. The van der Waals surface area contributed by atoms with Gasteiger partial charge in [-0.05, 0) is 73.4 Å². The van der Waals surface area contributed by atoms with Crippen molar-refractivity contribution in [3.63, 3.8) is 0 Å². The summed E-state index contributed by atoms with van der Waals surface area (Å²) in [7, 11) is -3.80. The number of hydrogen-bond acceptors (Lipinski definition) is 3. The van der Waals surface area contributed by atoms with Gasteiger partial charge in [0.25, 0.3) is 15.9 Å². The maximum atomic E-state index is 12.7. The molecule has 0 spiro atoms. The summed E-state index contributed by atoms with van der Waals surface area (Å²) in [6.45, 7) is 4.04. The van der Waals surface area contributed by atoms with Gasteiger partial charge in [0.15, 0.2) is 0 Å². The normalized spacial score (nSPS) is 11.1. The van der Waals surface area contributed by atoms with Crippen molar-refractivity contribution in [2.75, 3.05) is 10.0 Å². The number of sulfonamides is 1. The third-order valence-electron chi connectivity index (χ3n) is 4.71. The third-order valence-corrected chi connectivity index (χ3v) is 6.09. The van der Waals surface area contributed by atoms with E-state index in [1.165, 1.54) is 17.7 Å². The van der Waals surface area contributed by atoms with Crippen molar-refractivity contribution < 1.29 is 13.2 Å². The Balaban J connectivity index is 1.73. The fourth-order valence-electron chi connectivity index (χ4n) is 3.07. The van der Waals surface area contributed by atoms with E-state index >= 15 is 0 Å². The van der Waals surface area contributed by atoms with Gasteiger partial charge in [-0.25, -0.2) is 8.42 Å². The smallest absolute Gasteiger partial charge is 0.261 e. The highest BCUT2D eigenvalue weighted by Gasteiger charge is 2.17. The van der Waals surface area contributed by atoms with Crippen molar-refractivity contribution in [2.24, 2.45) is 0 Å². The largest absolute Gasteiger partial charge is 0.322 e. The van der Waals surface area contributed by atoms with Crippen molar-refractivity contribution >= 4 is 27.3 Å². The first-order chi connectivity index (χ1) is 14.4. The van der Waals surface area contributed by atoms with Gasteiger partial charge in [0, 0.05) is 16.9 Å². The molecular formula is C24H26N2O3S. The van der Waals surface area contributed by atoms with E-state index in [0.717, 1.165) is 24.8 Å². The van der Waals surface area contributed by atoms with Crippen LogP contribution in [0.25, 0.3) is 0 Å². The Morgan fingerprint density at radius 3 is 2.33 bits per heavy atom. The van der Waals surface area contributed by atoms with Crippen LogP contribution in [0.1, 0.15) is 41.3 Å². The quantitative estimate of drug-likeness (QED) is 0.511. The van der Waals surface area contributed by atoms with E-state index in [4.69, 9.17) is 0 Å². The van der Waals surface area contributed by atoms with Gasteiger partial charge >= 0.3 is 0 Å². The molecule has 0 aliphatic heterocycles. The minimum absolute atomic E-state index is 0.0339. The monoisotopic (exact) mass is 422 g/mol. The lowest BCUT2D eigenvalue weighted by molar-refractivity contribution is 0.102. The molecule has 0 saturated carbocycles. The number of aryl methyl sites for hydroxylation is 2. The average molecular weight is 423 g/mol. The topological polar surface area (TPSA) is 75.3 Å². The Morgan fingerprint density at radius 2 is 1.63 bits per heavy atom. The van der Waals surface area contributed by atoms with Crippen LogP contribution in [-0.2, 0) is 16.4 Å². The highest BCUT2D eigenvalue weighted by Crippen LogP contribution is 2.19. The number of carbonyl (C=O) groups excluding carboxylic acids is 1. The van der Waals surface area contributed by atoms with E-state index in [-0.39, 0.29) is 16.4 Å².